The summed E-state index contributed by atoms with van der Waals surface area (Å²) in [6, 6.07) is 5.81. The van der Waals surface area contributed by atoms with Crippen LogP contribution in [-0.2, 0) is 6.54 Å². The lowest BCUT2D eigenvalue weighted by molar-refractivity contribution is 0.600. The van der Waals surface area contributed by atoms with Crippen molar-refractivity contribution in [3.63, 3.8) is 0 Å². The normalized spacial score (nSPS) is 24.2. The lowest BCUT2D eigenvalue weighted by atomic mass is 10.2. The lowest BCUT2D eigenvalue weighted by Gasteiger charge is -2.06. The molecule has 0 heterocycles. The molecule has 0 radical (unpaired) electrons. The fourth-order valence-electron chi connectivity index (χ4n) is 1.87. The number of hydrogen-bond donors (Lipinski definition) is 1. The van der Waals surface area contributed by atoms with Gasteiger partial charge in [0.2, 0.25) is 0 Å². The van der Waals surface area contributed by atoms with E-state index in [0.717, 1.165) is 18.0 Å². The number of benzene rings is 1. The van der Waals surface area contributed by atoms with Crippen LogP contribution in [0.4, 0.5) is 4.39 Å². The maximum Gasteiger partial charge on any atom is 0.137 e. The summed E-state index contributed by atoms with van der Waals surface area (Å²) >= 11 is 3.27. The van der Waals surface area contributed by atoms with Crippen molar-refractivity contribution in [3.05, 3.63) is 34.1 Å². The second-order valence-corrected chi connectivity index (χ2v) is 4.90. The Morgan fingerprint density at radius 3 is 3.00 bits per heavy atom. The van der Waals surface area contributed by atoms with Crippen molar-refractivity contribution in [2.75, 3.05) is 0 Å². The van der Waals surface area contributed by atoms with Gasteiger partial charge in [-0.25, -0.2) is 4.39 Å². The largest absolute Gasteiger partial charge is 0.310 e. The summed E-state index contributed by atoms with van der Waals surface area (Å²) in [5.41, 5.74) is 0.997. The van der Waals surface area contributed by atoms with E-state index in [9.17, 15) is 4.39 Å². The summed E-state index contributed by atoms with van der Waals surface area (Å²) in [6.45, 7) is 2.96. The molecule has 0 aliphatic heterocycles. The molecule has 0 amide bonds. The van der Waals surface area contributed by atoms with E-state index < -0.39 is 0 Å². The zero-order valence-corrected chi connectivity index (χ0v) is 10.3. The molecular weight excluding hydrogens is 257 g/mol. The molecule has 1 fully saturated rings. The first kappa shape index (κ1) is 11.1. The van der Waals surface area contributed by atoms with Crippen molar-refractivity contribution in [3.8, 4) is 0 Å². The van der Waals surface area contributed by atoms with Crippen LogP contribution >= 0.6 is 15.9 Å². The van der Waals surface area contributed by atoms with Gasteiger partial charge in [-0.2, -0.15) is 0 Å². The Balaban J connectivity index is 1.91. The quantitative estimate of drug-likeness (QED) is 0.884. The van der Waals surface area contributed by atoms with Gasteiger partial charge in [-0.1, -0.05) is 25.5 Å². The average molecular weight is 272 g/mol. The molecule has 1 aromatic carbocycles. The summed E-state index contributed by atoms with van der Waals surface area (Å²) in [6.07, 6.45) is 2.51. The van der Waals surface area contributed by atoms with E-state index in [1.165, 1.54) is 18.9 Å². The molecule has 1 saturated carbocycles. The second-order valence-electron chi connectivity index (χ2n) is 4.10. The highest BCUT2D eigenvalue weighted by molar-refractivity contribution is 9.10. The third-order valence-corrected chi connectivity index (χ3v) is 3.92. The van der Waals surface area contributed by atoms with E-state index in [0.29, 0.717) is 10.5 Å². The Hall–Kier alpha value is -0.410. The van der Waals surface area contributed by atoms with Crippen molar-refractivity contribution in [2.45, 2.75) is 32.4 Å². The van der Waals surface area contributed by atoms with E-state index in [2.05, 4.69) is 28.2 Å². The van der Waals surface area contributed by atoms with Crippen LogP contribution in [0.2, 0.25) is 0 Å². The highest BCUT2D eigenvalue weighted by Crippen LogP contribution is 2.33. The van der Waals surface area contributed by atoms with Gasteiger partial charge >= 0.3 is 0 Å². The monoisotopic (exact) mass is 271 g/mol. The first-order valence-electron chi connectivity index (χ1n) is 5.38. The van der Waals surface area contributed by atoms with Gasteiger partial charge < -0.3 is 5.32 Å². The number of nitrogens with one attached hydrogen (secondary N) is 1. The van der Waals surface area contributed by atoms with Crippen LogP contribution in [0.25, 0.3) is 0 Å². The molecule has 0 spiro atoms. The zero-order chi connectivity index (χ0) is 10.8. The standard InChI is InChI=1S/C12H15BrFN/c1-2-8-6-11(8)15-7-9-4-3-5-10(14)12(9)13/h3-5,8,11,15H,2,6-7H2,1H3. The van der Waals surface area contributed by atoms with Gasteiger partial charge in [0.05, 0.1) is 4.47 Å². The minimum absolute atomic E-state index is 0.183. The summed E-state index contributed by atoms with van der Waals surface area (Å²) in [5, 5.41) is 3.45. The van der Waals surface area contributed by atoms with Gasteiger partial charge in [-0.3, -0.25) is 0 Å². The molecule has 1 N–H and O–H groups in total. The summed E-state index contributed by atoms with van der Waals surface area (Å²) in [5.74, 6) is 0.648. The van der Waals surface area contributed by atoms with Crippen LogP contribution in [0.5, 0.6) is 0 Å². The maximum absolute atomic E-state index is 13.2. The predicted octanol–water partition coefficient (Wildman–Crippen LogP) is 3.48. The Morgan fingerprint density at radius 2 is 2.33 bits per heavy atom. The average Bonchev–Trinajstić information content (AvgIpc) is 2.99. The third kappa shape index (κ3) is 2.58. The fraction of sp³-hybridized carbons (Fsp3) is 0.500. The van der Waals surface area contributed by atoms with Crippen molar-refractivity contribution >= 4 is 15.9 Å². The van der Waals surface area contributed by atoms with Crippen molar-refractivity contribution < 1.29 is 4.39 Å². The molecule has 2 rings (SSSR count). The van der Waals surface area contributed by atoms with Gasteiger partial charge in [-0.15, -0.1) is 0 Å². The summed E-state index contributed by atoms with van der Waals surface area (Å²) in [4.78, 5) is 0. The van der Waals surface area contributed by atoms with Crippen LogP contribution in [0.1, 0.15) is 25.3 Å². The van der Waals surface area contributed by atoms with Gasteiger partial charge in [0, 0.05) is 12.6 Å². The molecule has 0 aromatic heterocycles. The Bertz CT molecular complexity index is 353. The van der Waals surface area contributed by atoms with E-state index in [-0.39, 0.29) is 5.82 Å². The Kier molecular flexibility index (Phi) is 3.42. The molecule has 1 aliphatic rings. The van der Waals surface area contributed by atoms with Crippen molar-refractivity contribution in [2.24, 2.45) is 5.92 Å². The Labute approximate surface area is 98.2 Å². The van der Waals surface area contributed by atoms with E-state index in [1.54, 1.807) is 6.07 Å². The smallest absolute Gasteiger partial charge is 0.137 e. The van der Waals surface area contributed by atoms with Gasteiger partial charge in [0.1, 0.15) is 5.82 Å². The van der Waals surface area contributed by atoms with E-state index in [1.807, 2.05) is 6.07 Å². The molecule has 3 heteroatoms. The minimum Gasteiger partial charge on any atom is -0.310 e. The van der Waals surface area contributed by atoms with Crippen LogP contribution in [0, 0.1) is 11.7 Å². The fourth-order valence-corrected chi connectivity index (χ4v) is 2.28. The van der Waals surface area contributed by atoms with E-state index in [4.69, 9.17) is 0 Å². The molecule has 2 unspecified atom stereocenters. The molecule has 1 aromatic rings. The number of halogens is 2. The van der Waals surface area contributed by atoms with Crippen LogP contribution in [-0.4, -0.2) is 6.04 Å². The van der Waals surface area contributed by atoms with E-state index >= 15 is 0 Å². The van der Waals surface area contributed by atoms with Gasteiger partial charge in [-0.05, 0) is 39.9 Å². The van der Waals surface area contributed by atoms with Crippen molar-refractivity contribution in [1.29, 1.82) is 0 Å². The molecule has 0 saturated heterocycles. The topological polar surface area (TPSA) is 12.0 Å². The molecule has 1 nitrogen and oxygen atoms in total. The minimum atomic E-state index is -0.183. The van der Waals surface area contributed by atoms with Crippen molar-refractivity contribution in [1.82, 2.24) is 5.32 Å². The summed E-state index contributed by atoms with van der Waals surface area (Å²) in [7, 11) is 0. The SMILES string of the molecule is CCC1CC1NCc1cccc(F)c1Br. The first-order chi connectivity index (χ1) is 7.22. The molecular formula is C12H15BrFN. The van der Waals surface area contributed by atoms with Crippen LogP contribution in [0.3, 0.4) is 0 Å². The maximum atomic E-state index is 13.2. The Morgan fingerprint density at radius 1 is 1.53 bits per heavy atom. The summed E-state index contributed by atoms with van der Waals surface area (Å²) < 4.78 is 13.8. The highest BCUT2D eigenvalue weighted by atomic mass is 79.9. The molecule has 0 bridgehead atoms. The van der Waals surface area contributed by atoms with Gasteiger partial charge in [0.25, 0.3) is 0 Å². The molecule has 2 atom stereocenters. The lowest BCUT2D eigenvalue weighted by Crippen LogP contribution is -2.17. The van der Waals surface area contributed by atoms with Crippen LogP contribution in [0.15, 0.2) is 22.7 Å². The molecule has 15 heavy (non-hydrogen) atoms. The molecule has 82 valence electrons. The number of rotatable bonds is 4. The zero-order valence-electron chi connectivity index (χ0n) is 8.76. The predicted molar refractivity (Wildman–Crippen MR) is 63.1 cm³/mol. The first-order valence-corrected chi connectivity index (χ1v) is 6.18. The molecule has 1 aliphatic carbocycles. The highest BCUT2D eigenvalue weighted by Gasteiger charge is 2.34. The van der Waals surface area contributed by atoms with Gasteiger partial charge in [0.15, 0.2) is 0 Å². The second kappa shape index (κ2) is 4.62. The third-order valence-electron chi connectivity index (χ3n) is 3.03. The number of hydrogen-bond acceptors (Lipinski definition) is 1. The van der Waals surface area contributed by atoms with Crippen LogP contribution < -0.4 is 5.32 Å².